The van der Waals surface area contributed by atoms with Gasteiger partial charge in [0.25, 0.3) is 5.91 Å². The second kappa shape index (κ2) is 5.85. The zero-order valence-electron chi connectivity index (χ0n) is 11.1. The first-order valence-corrected chi connectivity index (χ1v) is 6.48. The van der Waals surface area contributed by atoms with Crippen molar-refractivity contribution in [3.63, 3.8) is 0 Å². The van der Waals surface area contributed by atoms with Gasteiger partial charge in [-0.15, -0.1) is 0 Å². The van der Waals surface area contributed by atoms with Crippen LogP contribution in [0, 0.1) is 12.8 Å². The molecule has 4 nitrogen and oxygen atoms in total. The van der Waals surface area contributed by atoms with E-state index in [2.05, 4.69) is 11.9 Å². The smallest absolute Gasteiger partial charge is 0.260 e. The number of carbonyl (C=O) groups excluding carboxylic acids is 1. The van der Waals surface area contributed by atoms with Crippen LogP contribution in [-0.4, -0.2) is 35.5 Å². The quantitative estimate of drug-likeness (QED) is 0.822. The van der Waals surface area contributed by atoms with Crippen LogP contribution in [0.5, 0.6) is 5.75 Å². The van der Waals surface area contributed by atoms with Crippen LogP contribution in [0.15, 0.2) is 18.3 Å². The second-order valence-electron chi connectivity index (χ2n) is 4.99. The Balaban J connectivity index is 1.79. The van der Waals surface area contributed by atoms with Crippen molar-refractivity contribution < 1.29 is 9.53 Å². The first kappa shape index (κ1) is 12.9. The number of ether oxygens (including phenoxy) is 1. The summed E-state index contributed by atoms with van der Waals surface area (Å²) in [6.07, 6.45) is 3.84. The molecule has 1 fully saturated rings. The number of nitrogens with zero attached hydrogens (tertiary/aromatic N) is 2. The molecule has 0 atom stereocenters. The van der Waals surface area contributed by atoms with E-state index in [0.717, 1.165) is 37.5 Å². The third kappa shape index (κ3) is 3.45. The van der Waals surface area contributed by atoms with Crippen molar-refractivity contribution >= 4 is 5.91 Å². The number of hydrogen-bond acceptors (Lipinski definition) is 3. The molecule has 1 aromatic rings. The molecule has 0 radical (unpaired) electrons. The molecular formula is C14H20N2O2. The highest BCUT2D eigenvalue weighted by Crippen LogP contribution is 2.16. The molecule has 1 aromatic heterocycles. The summed E-state index contributed by atoms with van der Waals surface area (Å²) in [4.78, 5) is 17.9. The minimum Gasteiger partial charge on any atom is -0.482 e. The molecule has 2 heterocycles. The van der Waals surface area contributed by atoms with Crippen LogP contribution >= 0.6 is 0 Å². The van der Waals surface area contributed by atoms with Gasteiger partial charge in [-0.2, -0.15) is 0 Å². The standard InChI is InChI=1S/C14H20N2O2/c1-11-5-7-16(8-6-11)14(17)10-18-13-4-3-12(2)15-9-13/h3-4,9,11H,5-8,10H2,1-2H3. The van der Waals surface area contributed by atoms with E-state index in [0.29, 0.717) is 5.75 Å². The largest absolute Gasteiger partial charge is 0.482 e. The SMILES string of the molecule is Cc1ccc(OCC(=O)N2CCC(C)CC2)cn1. The van der Waals surface area contributed by atoms with Crippen molar-refractivity contribution in [3.05, 3.63) is 24.0 Å². The number of piperidine rings is 1. The fraction of sp³-hybridized carbons (Fsp3) is 0.571. The maximum atomic E-state index is 11.9. The molecule has 18 heavy (non-hydrogen) atoms. The van der Waals surface area contributed by atoms with Crippen molar-refractivity contribution in [1.29, 1.82) is 0 Å². The Labute approximate surface area is 108 Å². The molecule has 1 amide bonds. The highest BCUT2D eigenvalue weighted by atomic mass is 16.5. The molecule has 0 aliphatic carbocycles. The molecule has 2 rings (SSSR count). The van der Waals surface area contributed by atoms with E-state index in [4.69, 9.17) is 4.74 Å². The molecular weight excluding hydrogens is 228 g/mol. The summed E-state index contributed by atoms with van der Waals surface area (Å²) < 4.78 is 5.45. The molecule has 1 aliphatic rings. The van der Waals surface area contributed by atoms with Crippen LogP contribution in [0.3, 0.4) is 0 Å². The Hall–Kier alpha value is -1.58. The van der Waals surface area contributed by atoms with Crippen molar-refractivity contribution in [2.75, 3.05) is 19.7 Å². The number of amides is 1. The average molecular weight is 248 g/mol. The van der Waals surface area contributed by atoms with Gasteiger partial charge in [0.1, 0.15) is 5.75 Å². The van der Waals surface area contributed by atoms with E-state index in [-0.39, 0.29) is 12.5 Å². The van der Waals surface area contributed by atoms with E-state index >= 15 is 0 Å². The highest BCUT2D eigenvalue weighted by Gasteiger charge is 2.20. The van der Waals surface area contributed by atoms with E-state index < -0.39 is 0 Å². The summed E-state index contributed by atoms with van der Waals surface area (Å²) in [5.74, 6) is 1.46. The van der Waals surface area contributed by atoms with Gasteiger partial charge in [-0.1, -0.05) is 6.92 Å². The molecule has 4 heteroatoms. The molecule has 0 spiro atoms. The number of aryl methyl sites for hydroxylation is 1. The predicted molar refractivity (Wildman–Crippen MR) is 69.4 cm³/mol. The molecule has 0 unspecified atom stereocenters. The maximum Gasteiger partial charge on any atom is 0.260 e. The Morgan fingerprint density at radius 3 is 2.78 bits per heavy atom. The Kier molecular flexibility index (Phi) is 4.18. The Bertz CT molecular complexity index is 395. The van der Waals surface area contributed by atoms with Gasteiger partial charge >= 0.3 is 0 Å². The van der Waals surface area contributed by atoms with Crippen molar-refractivity contribution in [2.24, 2.45) is 5.92 Å². The van der Waals surface area contributed by atoms with E-state index in [1.165, 1.54) is 0 Å². The predicted octanol–water partition coefficient (Wildman–Crippen LogP) is 2.03. The van der Waals surface area contributed by atoms with E-state index in [1.807, 2.05) is 24.0 Å². The van der Waals surface area contributed by atoms with Crippen LogP contribution in [0.4, 0.5) is 0 Å². The number of hydrogen-bond donors (Lipinski definition) is 0. The fourth-order valence-corrected chi connectivity index (χ4v) is 2.03. The first-order chi connectivity index (χ1) is 8.65. The molecule has 0 bridgehead atoms. The maximum absolute atomic E-state index is 11.9. The molecule has 0 saturated carbocycles. The summed E-state index contributed by atoms with van der Waals surface area (Å²) in [5, 5.41) is 0. The topological polar surface area (TPSA) is 42.4 Å². The molecule has 0 N–H and O–H groups in total. The monoisotopic (exact) mass is 248 g/mol. The molecule has 1 saturated heterocycles. The van der Waals surface area contributed by atoms with Gasteiger partial charge in [-0.3, -0.25) is 9.78 Å². The van der Waals surface area contributed by atoms with Crippen molar-refractivity contribution in [2.45, 2.75) is 26.7 Å². The lowest BCUT2D eigenvalue weighted by Gasteiger charge is -2.30. The Morgan fingerprint density at radius 1 is 1.44 bits per heavy atom. The first-order valence-electron chi connectivity index (χ1n) is 6.48. The van der Waals surface area contributed by atoms with Gasteiger partial charge in [0.05, 0.1) is 6.20 Å². The van der Waals surface area contributed by atoms with Crippen LogP contribution < -0.4 is 4.74 Å². The normalized spacial score (nSPS) is 16.7. The second-order valence-corrected chi connectivity index (χ2v) is 4.99. The van der Waals surface area contributed by atoms with Gasteiger partial charge in [0, 0.05) is 18.8 Å². The van der Waals surface area contributed by atoms with E-state index in [1.54, 1.807) is 6.20 Å². The van der Waals surface area contributed by atoms with Gasteiger partial charge in [-0.25, -0.2) is 0 Å². The third-order valence-corrected chi connectivity index (χ3v) is 3.38. The lowest BCUT2D eigenvalue weighted by molar-refractivity contribution is -0.134. The molecule has 1 aliphatic heterocycles. The lowest BCUT2D eigenvalue weighted by atomic mass is 9.99. The van der Waals surface area contributed by atoms with Crippen molar-refractivity contribution in [1.82, 2.24) is 9.88 Å². The fourth-order valence-electron chi connectivity index (χ4n) is 2.03. The van der Waals surface area contributed by atoms with Crippen LogP contribution in [0.2, 0.25) is 0 Å². The van der Waals surface area contributed by atoms with Crippen LogP contribution in [-0.2, 0) is 4.79 Å². The van der Waals surface area contributed by atoms with Gasteiger partial charge in [0.15, 0.2) is 6.61 Å². The molecule has 98 valence electrons. The zero-order chi connectivity index (χ0) is 13.0. The number of likely N-dealkylation sites (tertiary alicyclic amines) is 1. The van der Waals surface area contributed by atoms with Gasteiger partial charge < -0.3 is 9.64 Å². The van der Waals surface area contributed by atoms with Gasteiger partial charge in [-0.05, 0) is 37.8 Å². The number of aromatic nitrogens is 1. The van der Waals surface area contributed by atoms with Crippen molar-refractivity contribution in [3.8, 4) is 5.75 Å². The Morgan fingerprint density at radius 2 is 2.17 bits per heavy atom. The zero-order valence-corrected chi connectivity index (χ0v) is 11.1. The summed E-state index contributed by atoms with van der Waals surface area (Å²) in [6.45, 7) is 5.98. The summed E-state index contributed by atoms with van der Waals surface area (Å²) in [5.41, 5.74) is 0.943. The van der Waals surface area contributed by atoms with Gasteiger partial charge in [0.2, 0.25) is 0 Å². The van der Waals surface area contributed by atoms with E-state index in [9.17, 15) is 4.79 Å². The molecule has 0 aromatic carbocycles. The summed E-state index contributed by atoms with van der Waals surface area (Å²) in [7, 11) is 0. The summed E-state index contributed by atoms with van der Waals surface area (Å²) >= 11 is 0. The number of rotatable bonds is 3. The minimum absolute atomic E-state index is 0.0717. The average Bonchev–Trinajstić information content (AvgIpc) is 2.38. The van der Waals surface area contributed by atoms with Crippen LogP contribution in [0.25, 0.3) is 0 Å². The number of pyridine rings is 1. The number of carbonyl (C=O) groups is 1. The summed E-state index contributed by atoms with van der Waals surface area (Å²) in [6, 6.07) is 3.72. The minimum atomic E-state index is 0.0717. The lowest BCUT2D eigenvalue weighted by Crippen LogP contribution is -2.40. The van der Waals surface area contributed by atoms with Crippen LogP contribution in [0.1, 0.15) is 25.5 Å². The highest BCUT2D eigenvalue weighted by molar-refractivity contribution is 5.77. The third-order valence-electron chi connectivity index (χ3n) is 3.38.